The Hall–Kier alpha value is -2.55. The smallest absolute Gasteiger partial charge is 0.151 e. The number of fused-ring (bicyclic) bond motifs is 1. The van der Waals surface area contributed by atoms with Gasteiger partial charge in [-0.1, -0.05) is 18.2 Å². The highest BCUT2D eigenvalue weighted by Crippen LogP contribution is 2.23. The van der Waals surface area contributed by atoms with Crippen LogP contribution in [0.4, 0.5) is 0 Å². The molecule has 0 radical (unpaired) electrons. The van der Waals surface area contributed by atoms with Crippen molar-refractivity contribution in [2.24, 2.45) is 0 Å². The molecule has 0 saturated carbocycles. The van der Waals surface area contributed by atoms with Crippen molar-refractivity contribution in [2.75, 3.05) is 0 Å². The van der Waals surface area contributed by atoms with Gasteiger partial charge in [-0.15, -0.1) is 0 Å². The molecule has 86 valence electrons. The molecule has 0 amide bonds. The van der Waals surface area contributed by atoms with Crippen LogP contribution in [0.2, 0.25) is 0 Å². The van der Waals surface area contributed by atoms with Gasteiger partial charge in [0.1, 0.15) is 0 Å². The zero-order valence-corrected chi connectivity index (χ0v) is 9.58. The van der Waals surface area contributed by atoms with E-state index in [4.69, 9.17) is 0 Å². The third kappa shape index (κ3) is 1.86. The van der Waals surface area contributed by atoms with E-state index in [1.807, 2.05) is 36.4 Å². The van der Waals surface area contributed by atoms with E-state index in [2.05, 4.69) is 9.97 Å². The highest BCUT2D eigenvalue weighted by atomic mass is 16.1. The normalized spacial score (nSPS) is 10.4. The van der Waals surface area contributed by atoms with Crippen molar-refractivity contribution in [1.82, 2.24) is 9.97 Å². The zero-order valence-electron chi connectivity index (χ0n) is 9.58. The van der Waals surface area contributed by atoms with Gasteiger partial charge in [-0.25, -0.2) is 0 Å². The number of benzene rings is 1. The summed E-state index contributed by atoms with van der Waals surface area (Å²) in [6.45, 7) is 0. The fraction of sp³-hybridized carbons (Fsp3) is 0. The number of hydrogen-bond acceptors (Lipinski definition) is 3. The Bertz CT molecular complexity index is 722. The lowest BCUT2D eigenvalue weighted by Gasteiger charge is -2.03. The van der Waals surface area contributed by atoms with Gasteiger partial charge in [0.15, 0.2) is 6.29 Å². The fourth-order valence-corrected chi connectivity index (χ4v) is 1.93. The first-order valence-corrected chi connectivity index (χ1v) is 5.62. The largest absolute Gasteiger partial charge is 0.298 e. The minimum absolute atomic E-state index is 0.577. The monoisotopic (exact) mass is 234 g/mol. The summed E-state index contributed by atoms with van der Waals surface area (Å²) >= 11 is 0. The molecule has 0 atom stereocenters. The number of aldehydes is 1. The number of rotatable bonds is 2. The summed E-state index contributed by atoms with van der Waals surface area (Å²) in [4.78, 5) is 19.1. The van der Waals surface area contributed by atoms with Gasteiger partial charge < -0.3 is 0 Å². The highest BCUT2D eigenvalue weighted by Gasteiger charge is 2.01. The van der Waals surface area contributed by atoms with E-state index in [-0.39, 0.29) is 0 Å². The van der Waals surface area contributed by atoms with Gasteiger partial charge in [0, 0.05) is 35.1 Å². The fourth-order valence-electron chi connectivity index (χ4n) is 1.93. The topological polar surface area (TPSA) is 42.9 Å². The second-order valence-electron chi connectivity index (χ2n) is 4.04. The molecule has 0 spiro atoms. The third-order valence-electron chi connectivity index (χ3n) is 2.83. The van der Waals surface area contributed by atoms with E-state index in [0.717, 1.165) is 28.3 Å². The van der Waals surface area contributed by atoms with Crippen LogP contribution in [-0.4, -0.2) is 16.3 Å². The maximum absolute atomic E-state index is 10.8. The van der Waals surface area contributed by atoms with E-state index in [0.29, 0.717) is 5.56 Å². The second kappa shape index (κ2) is 4.37. The van der Waals surface area contributed by atoms with Crippen molar-refractivity contribution in [2.45, 2.75) is 0 Å². The Morgan fingerprint density at radius 2 is 1.94 bits per heavy atom. The number of nitrogens with zero attached hydrogens (tertiary/aromatic N) is 2. The van der Waals surface area contributed by atoms with Crippen LogP contribution in [0.3, 0.4) is 0 Å². The van der Waals surface area contributed by atoms with Crippen LogP contribution in [-0.2, 0) is 0 Å². The molecule has 3 heteroatoms. The van der Waals surface area contributed by atoms with Crippen LogP contribution in [0.1, 0.15) is 10.4 Å². The molecule has 2 heterocycles. The molecule has 0 aliphatic carbocycles. The summed E-state index contributed by atoms with van der Waals surface area (Å²) in [5.74, 6) is 0. The van der Waals surface area contributed by atoms with Crippen LogP contribution in [0.5, 0.6) is 0 Å². The molecular weight excluding hydrogens is 224 g/mol. The summed E-state index contributed by atoms with van der Waals surface area (Å²) in [5.41, 5.74) is 3.45. The lowest BCUT2D eigenvalue weighted by atomic mass is 10.0. The Labute approximate surface area is 104 Å². The molecule has 3 rings (SSSR count). The Morgan fingerprint density at radius 3 is 2.83 bits per heavy atom. The van der Waals surface area contributed by atoms with E-state index < -0.39 is 0 Å². The average Bonchev–Trinajstić information content (AvgIpc) is 2.47. The van der Waals surface area contributed by atoms with Gasteiger partial charge in [0.05, 0.1) is 5.52 Å². The number of aromatic nitrogens is 2. The van der Waals surface area contributed by atoms with Crippen LogP contribution in [0.25, 0.3) is 22.0 Å². The maximum atomic E-state index is 10.8. The molecule has 3 aromatic rings. The van der Waals surface area contributed by atoms with E-state index in [1.54, 1.807) is 18.6 Å². The molecule has 0 fully saturated rings. The van der Waals surface area contributed by atoms with Crippen molar-refractivity contribution >= 4 is 17.2 Å². The predicted molar refractivity (Wildman–Crippen MR) is 70.4 cm³/mol. The molecule has 0 bridgehead atoms. The average molecular weight is 234 g/mol. The van der Waals surface area contributed by atoms with Gasteiger partial charge >= 0.3 is 0 Å². The SMILES string of the molecule is O=Cc1cncc(-c2ccc3cccnc3c2)c1. The van der Waals surface area contributed by atoms with Gasteiger partial charge in [-0.3, -0.25) is 14.8 Å². The van der Waals surface area contributed by atoms with Gasteiger partial charge in [-0.05, 0) is 23.8 Å². The summed E-state index contributed by atoms with van der Waals surface area (Å²) in [7, 11) is 0. The molecule has 0 N–H and O–H groups in total. The highest BCUT2D eigenvalue weighted by molar-refractivity contribution is 5.85. The van der Waals surface area contributed by atoms with Gasteiger partial charge in [0.2, 0.25) is 0 Å². The minimum atomic E-state index is 0.577. The lowest BCUT2D eigenvalue weighted by Crippen LogP contribution is -1.86. The summed E-state index contributed by atoms with van der Waals surface area (Å²) in [6, 6.07) is 11.8. The standard InChI is InChI=1S/C15H10N2O/c18-10-11-6-14(9-16-8-11)13-4-3-12-2-1-5-17-15(12)7-13/h1-10H. The Balaban J connectivity index is 2.15. The van der Waals surface area contributed by atoms with Crippen molar-refractivity contribution in [3.8, 4) is 11.1 Å². The molecule has 0 aliphatic heterocycles. The van der Waals surface area contributed by atoms with E-state index >= 15 is 0 Å². The first kappa shape index (κ1) is 10.6. The Morgan fingerprint density at radius 1 is 1.00 bits per heavy atom. The third-order valence-corrected chi connectivity index (χ3v) is 2.83. The first-order valence-electron chi connectivity index (χ1n) is 5.62. The van der Waals surface area contributed by atoms with Crippen molar-refractivity contribution in [3.05, 3.63) is 60.6 Å². The molecule has 1 aromatic carbocycles. The van der Waals surface area contributed by atoms with Crippen LogP contribution < -0.4 is 0 Å². The number of hydrogen-bond donors (Lipinski definition) is 0. The molecule has 0 saturated heterocycles. The molecule has 0 aliphatic rings. The maximum Gasteiger partial charge on any atom is 0.151 e. The van der Waals surface area contributed by atoms with Crippen LogP contribution in [0.15, 0.2) is 55.0 Å². The lowest BCUT2D eigenvalue weighted by molar-refractivity contribution is 0.112. The van der Waals surface area contributed by atoms with E-state index in [9.17, 15) is 4.79 Å². The van der Waals surface area contributed by atoms with Crippen molar-refractivity contribution < 1.29 is 4.79 Å². The molecule has 3 nitrogen and oxygen atoms in total. The van der Waals surface area contributed by atoms with E-state index in [1.165, 1.54) is 0 Å². The molecular formula is C15H10N2O. The molecule has 2 aromatic heterocycles. The quantitative estimate of drug-likeness (QED) is 0.640. The number of pyridine rings is 2. The number of carbonyl (C=O) groups excluding carboxylic acids is 1. The molecule has 0 unspecified atom stereocenters. The van der Waals surface area contributed by atoms with Crippen LogP contribution >= 0.6 is 0 Å². The van der Waals surface area contributed by atoms with Crippen molar-refractivity contribution in [3.63, 3.8) is 0 Å². The van der Waals surface area contributed by atoms with Gasteiger partial charge in [-0.2, -0.15) is 0 Å². The summed E-state index contributed by atoms with van der Waals surface area (Å²) in [5, 5.41) is 1.10. The van der Waals surface area contributed by atoms with Crippen LogP contribution in [0, 0.1) is 0 Å². The van der Waals surface area contributed by atoms with Gasteiger partial charge in [0.25, 0.3) is 0 Å². The predicted octanol–water partition coefficient (Wildman–Crippen LogP) is 3.11. The first-order chi connectivity index (χ1) is 8.86. The minimum Gasteiger partial charge on any atom is -0.298 e. The molecule has 18 heavy (non-hydrogen) atoms. The zero-order chi connectivity index (χ0) is 12.4. The number of carbonyl (C=O) groups is 1. The summed E-state index contributed by atoms with van der Waals surface area (Å²) in [6.07, 6.45) is 5.87. The summed E-state index contributed by atoms with van der Waals surface area (Å²) < 4.78 is 0. The second-order valence-corrected chi connectivity index (χ2v) is 4.04. The van der Waals surface area contributed by atoms with Crippen molar-refractivity contribution in [1.29, 1.82) is 0 Å². The Kier molecular flexibility index (Phi) is 2.57.